The lowest BCUT2D eigenvalue weighted by Gasteiger charge is -2.36. The summed E-state index contributed by atoms with van der Waals surface area (Å²) in [5.74, 6) is 1.92. The summed E-state index contributed by atoms with van der Waals surface area (Å²) in [6, 6.07) is 15.2. The van der Waals surface area contributed by atoms with Crippen LogP contribution < -0.4 is 10.2 Å². The predicted molar refractivity (Wildman–Crippen MR) is 125 cm³/mol. The molecule has 1 N–H and O–H groups in total. The number of guanidine groups is 1. The molecule has 0 aliphatic carbocycles. The van der Waals surface area contributed by atoms with Gasteiger partial charge in [0, 0.05) is 53.0 Å². The number of morpholine rings is 1. The lowest BCUT2D eigenvalue weighted by atomic mass is 10.1. The van der Waals surface area contributed by atoms with Gasteiger partial charge in [0.2, 0.25) is 0 Å². The Hall–Kier alpha value is -2.64. The van der Waals surface area contributed by atoms with E-state index < -0.39 is 0 Å². The Labute approximate surface area is 185 Å². The van der Waals surface area contributed by atoms with E-state index >= 15 is 0 Å². The molecule has 2 saturated heterocycles. The zero-order valence-corrected chi connectivity index (χ0v) is 18.9. The summed E-state index contributed by atoms with van der Waals surface area (Å²) >= 11 is 0. The maximum absolute atomic E-state index is 6.15. The first-order valence-electron chi connectivity index (χ1n) is 11.2. The molecule has 2 atom stereocenters. The Kier molecular flexibility index (Phi) is 7.04. The van der Waals surface area contributed by atoms with Gasteiger partial charge in [0.1, 0.15) is 5.82 Å². The van der Waals surface area contributed by atoms with E-state index in [9.17, 15) is 0 Å². The van der Waals surface area contributed by atoms with Crippen LogP contribution in [0.15, 0.2) is 53.7 Å². The average molecular weight is 423 g/mol. The van der Waals surface area contributed by atoms with Crippen LogP contribution >= 0.6 is 0 Å². The zero-order valence-electron chi connectivity index (χ0n) is 18.9. The van der Waals surface area contributed by atoms with Crippen LogP contribution in [0.4, 0.5) is 5.82 Å². The topological polar surface area (TPSA) is 56.2 Å². The van der Waals surface area contributed by atoms with Crippen molar-refractivity contribution in [1.29, 1.82) is 0 Å². The Morgan fingerprint density at radius 3 is 2.81 bits per heavy atom. The number of ether oxygens (including phenoxy) is 1. The number of hydrogen-bond donors (Lipinski definition) is 1. The SMILES string of the molecule is CCNC(=NCc1ccnc(N(C)C)c1)N1CC2OCCN(Cc3ccccc3)C2C1. The molecule has 0 amide bonds. The highest BCUT2D eigenvalue weighted by Gasteiger charge is 2.41. The molecule has 2 aromatic rings. The number of aliphatic imine (C=N–C) groups is 1. The molecule has 4 rings (SSSR count). The Balaban J connectivity index is 1.45. The smallest absolute Gasteiger partial charge is 0.194 e. The highest BCUT2D eigenvalue weighted by Crippen LogP contribution is 2.25. The van der Waals surface area contributed by atoms with Crippen molar-refractivity contribution in [2.75, 3.05) is 51.8 Å². The molecule has 166 valence electrons. The molecule has 0 spiro atoms. The molecule has 0 saturated carbocycles. The van der Waals surface area contributed by atoms with Gasteiger partial charge in [-0.3, -0.25) is 4.90 Å². The van der Waals surface area contributed by atoms with Gasteiger partial charge in [-0.15, -0.1) is 0 Å². The van der Waals surface area contributed by atoms with Gasteiger partial charge in [0.25, 0.3) is 0 Å². The summed E-state index contributed by atoms with van der Waals surface area (Å²) in [5, 5.41) is 3.48. The van der Waals surface area contributed by atoms with E-state index in [1.165, 1.54) is 5.56 Å². The number of benzene rings is 1. The highest BCUT2D eigenvalue weighted by atomic mass is 16.5. The number of hydrogen-bond acceptors (Lipinski definition) is 5. The first kappa shape index (κ1) is 21.6. The number of nitrogens with one attached hydrogen (secondary N) is 1. The molecule has 0 radical (unpaired) electrons. The van der Waals surface area contributed by atoms with Gasteiger partial charge >= 0.3 is 0 Å². The van der Waals surface area contributed by atoms with Crippen LogP contribution in [0.3, 0.4) is 0 Å². The molecule has 2 aliphatic heterocycles. The molecule has 1 aromatic heterocycles. The van der Waals surface area contributed by atoms with Crippen LogP contribution in [-0.4, -0.2) is 79.8 Å². The summed E-state index contributed by atoms with van der Waals surface area (Å²) in [7, 11) is 4.01. The summed E-state index contributed by atoms with van der Waals surface area (Å²) in [6.45, 7) is 8.14. The Bertz CT molecular complexity index is 871. The van der Waals surface area contributed by atoms with Crippen LogP contribution in [0.2, 0.25) is 0 Å². The maximum Gasteiger partial charge on any atom is 0.194 e. The molecular formula is C24H34N6O. The van der Waals surface area contributed by atoms with Gasteiger partial charge in [0.05, 0.1) is 25.3 Å². The molecule has 2 fully saturated rings. The van der Waals surface area contributed by atoms with Gasteiger partial charge in [-0.05, 0) is 30.2 Å². The third-order valence-corrected chi connectivity index (χ3v) is 5.96. The van der Waals surface area contributed by atoms with Gasteiger partial charge in [0.15, 0.2) is 5.96 Å². The van der Waals surface area contributed by atoms with Crippen LogP contribution in [0, 0.1) is 0 Å². The molecule has 1 aromatic carbocycles. The van der Waals surface area contributed by atoms with E-state index in [1.54, 1.807) is 0 Å². The number of anilines is 1. The van der Waals surface area contributed by atoms with E-state index in [0.29, 0.717) is 12.6 Å². The van der Waals surface area contributed by atoms with E-state index in [4.69, 9.17) is 9.73 Å². The largest absolute Gasteiger partial charge is 0.373 e. The maximum atomic E-state index is 6.15. The van der Waals surface area contributed by atoms with Gasteiger partial charge < -0.3 is 19.9 Å². The summed E-state index contributed by atoms with van der Waals surface area (Å²) in [5.41, 5.74) is 2.52. The molecule has 7 nitrogen and oxygen atoms in total. The Morgan fingerprint density at radius 1 is 1.19 bits per heavy atom. The lowest BCUT2D eigenvalue weighted by Crippen LogP contribution is -2.50. The van der Waals surface area contributed by atoms with Crippen LogP contribution in [0.1, 0.15) is 18.1 Å². The van der Waals surface area contributed by atoms with Crippen LogP contribution in [0.25, 0.3) is 0 Å². The average Bonchev–Trinajstić information content (AvgIpc) is 3.23. The third kappa shape index (κ3) is 5.35. The van der Waals surface area contributed by atoms with E-state index in [-0.39, 0.29) is 6.10 Å². The van der Waals surface area contributed by atoms with Crippen LogP contribution in [-0.2, 0) is 17.8 Å². The molecule has 7 heteroatoms. The standard InChI is InChI=1S/C24H34N6O/c1-4-25-24(27-15-20-10-11-26-23(14-20)28(2)3)30-17-21-22(18-30)31-13-12-29(21)16-19-8-6-5-7-9-19/h5-11,14,21-22H,4,12-13,15-18H2,1-3H3,(H,25,27). The number of aromatic nitrogens is 1. The normalized spacial score (nSPS) is 21.8. The number of nitrogens with zero attached hydrogens (tertiary/aromatic N) is 5. The fourth-order valence-corrected chi connectivity index (χ4v) is 4.34. The fourth-order valence-electron chi connectivity index (χ4n) is 4.34. The number of likely N-dealkylation sites (tertiary alicyclic amines) is 1. The minimum absolute atomic E-state index is 0.225. The molecule has 3 heterocycles. The van der Waals surface area contributed by atoms with E-state index in [1.807, 2.05) is 31.3 Å². The van der Waals surface area contributed by atoms with Gasteiger partial charge in [-0.2, -0.15) is 0 Å². The minimum atomic E-state index is 0.225. The third-order valence-electron chi connectivity index (χ3n) is 5.96. The predicted octanol–water partition coefficient (Wildman–Crippen LogP) is 2.20. The summed E-state index contributed by atoms with van der Waals surface area (Å²) in [4.78, 5) is 16.3. The zero-order chi connectivity index (χ0) is 21.6. The van der Waals surface area contributed by atoms with E-state index in [0.717, 1.165) is 56.7 Å². The van der Waals surface area contributed by atoms with Crippen molar-refractivity contribution in [3.63, 3.8) is 0 Å². The molecule has 2 aliphatic rings. The monoisotopic (exact) mass is 422 g/mol. The van der Waals surface area contributed by atoms with Crippen molar-refractivity contribution in [2.24, 2.45) is 4.99 Å². The summed E-state index contributed by atoms with van der Waals surface area (Å²) in [6.07, 6.45) is 2.08. The van der Waals surface area contributed by atoms with Crippen molar-refractivity contribution < 1.29 is 4.74 Å². The second-order valence-corrected chi connectivity index (χ2v) is 8.42. The molecular weight excluding hydrogens is 388 g/mol. The van der Waals surface area contributed by atoms with Crippen molar-refractivity contribution in [3.05, 3.63) is 59.8 Å². The van der Waals surface area contributed by atoms with E-state index in [2.05, 4.69) is 63.4 Å². The lowest BCUT2D eigenvalue weighted by molar-refractivity contribution is -0.0502. The molecule has 31 heavy (non-hydrogen) atoms. The molecule has 0 bridgehead atoms. The minimum Gasteiger partial charge on any atom is -0.373 e. The van der Waals surface area contributed by atoms with Crippen molar-refractivity contribution in [2.45, 2.75) is 32.2 Å². The van der Waals surface area contributed by atoms with Crippen molar-refractivity contribution in [3.8, 4) is 0 Å². The number of fused-ring (bicyclic) bond motifs is 1. The van der Waals surface area contributed by atoms with Gasteiger partial charge in [-0.1, -0.05) is 30.3 Å². The van der Waals surface area contributed by atoms with Crippen molar-refractivity contribution >= 4 is 11.8 Å². The second-order valence-electron chi connectivity index (χ2n) is 8.42. The first-order valence-corrected chi connectivity index (χ1v) is 11.2. The second kappa shape index (κ2) is 10.1. The van der Waals surface area contributed by atoms with Gasteiger partial charge in [-0.25, -0.2) is 9.98 Å². The highest BCUT2D eigenvalue weighted by molar-refractivity contribution is 5.80. The van der Waals surface area contributed by atoms with Crippen LogP contribution in [0.5, 0.6) is 0 Å². The quantitative estimate of drug-likeness (QED) is 0.569. The van der Waals surface area contributed by atoms with Crippen molar-refractivity contribution in [1.82, 2.24) is 20.1 Å². The number of rotatable bonds is 6. The molecule has 2 unspecified atom stereocenters. The fraction of sp³-hybridized carbons (Fsp3) is 0.500. The number of pyridine rings is 1. The summed E-state index contributed by atoms with van der Waals surface area (Å²) < 4.78 is 6.15. The first-order chi connectivity index (χ1) is 15.1. The Morgan fingerprint density at radius 2 is 2.03 bits per heavy atom.